The van der Waals surface area contributed by atoms with Crippen molar-refractivity contribution in [3.63, 3.8) is 0 Å². The molecule has 2 fully saturated rings. The third kappa shape index (κ3) is 5.44. The summed E-state index contributed by atoms with van der Waals surface area (Å²) in [4.78, 5) is 21.6. The van der Waals surface area contributed by atoms with E-state index in [0.717, 1.165) is 17.7 Å². The number of fused-ring (bicyclic) bond motifs is 4. The van der Waals surface area contributed by atoms with Gasteiger partial charge in [-0.15, -0.1) is 0 Å². The summed E-state index contributed by atoms with van der Waals surface area (Å²) < 4.78 is 13.2. The first-order valence-corrected chi connectivity index (χ1v) is 11.5. The molecule has 34 heavy (non-hydrogen) atoms. The van der Waals surface area contributed by atoms with E-state index in [0.29, 0.717) is 18.8 Å². The molecule has 2 aromatic rings. The predicted molar refractivity (Wildman–Crippen MR) is 128 cm³/mol. The van der Waals surface area contributed by atoms with E-state index in [2.05, 4.69) is 65.6 Å². The molecule has 2 saturated heterocycles. The molecule has 5 rings (SSSR count). The fourth-order valence-electron chi connectivity index (χ4n) is 4.67. The fourth-order valence-corrected chi connectivity index (χ4v) is 4.67. The molecule has 178 valence electrons. The summed E-state index contributed by atoms with van der Waals surface area (Å²) in [6, 6.07) is 16.9. The lowest BCUT2D eigenvalue weighted by Crippen LogP contribution is -2.38. The first-order chi connectivity index (χ1) is 16.5. The van der Waals surface area contributed by atoms with Gasteiger partial charge in [0.05, 0.1) is 12.7 Å². The van der Waals surface area contributed by atoms with Gasteiger partial charge in [-0.2, -0.15) is 0 Å². The fraction of sp³-hybridized carbons (Fsp3) is 0.333. The molecule has 2 aromatic carbocycles. The highest BCUT2D eigenvalue weighted by molar-refractivity contribution is 5.89. The second kappa shape index (κ2) is 10.8. The van der Waals surface area contributed by atoms with Crippen LogP contribution in [0.15, 0.2) is 60.7 Å². The van der Waals surface area contributed by atoms with Crippen molar-refractivity contribution in [1.29, 1.82) is 0 Å². The van der Waals surface area contributed by atoms with Gasteiger partial charge in [-0.05, 0) is 37.1 Å². The van der Waals surface area contributed by atoms with Crippen molar-refractivity contribution < 1.29 is 29.3 Å². The number of nitrogens with zero attached hydrogens (tertiary/aromatic N) is 1. The largest absolute Gasteiger partial charge is 0.478 e. The topological polar surface area (TPSA) is 96.3 Å². The summed E-state index contributed by atoms with van der Waals surface area (Å²) in [5, 5.41) is 15.6. The zero-order valence-corrected chi connectivity index (χ0v) is 18.9. The van der Waals surface area contributed by atoms with Crippen molar-refractivity contribution >= 4 is 24.1 Å². The summed E-state index contributed by atoms with van der Waals surface area (Å²) in [6.45, 7) is 3.96. The maximum absolute atomic E-state index is 9.55. The van der Waals surface area contributed by atoms with Gasteiger partial charge in [-0.1, -0.05) is 67.1 Å². The third-order valence-corrected chi connectivity index (χ3v) is 6.16. The van der Waals surface area contributed by atoms with E-state index >= 15 is 0 Å². The Morgan fingerprint density at radius 1 is 0.882 bits per heavy atom. The van der Waals surface area contributed by atoms with E-state index in [-0.39, 0.29) is 6.10 Å². The van der Waals surface area contributed by atoms with Crippen molar-refractivity contribution in [3.05, 3.63) is 82.9 Å². The van der Waals surface area contributed by atoms with Gasteiger partial charge in [0, 0.05) is 29.8 Å². The highest BCUT2D eigenvalue weighted by atomic mass is 16.7. The van der Waals surface area contributed by atoms with Gasteiger partial charge < -0.3 is 24.6 Å². The van der Waals surface area contributed by atoms with Crippen LogP contribution < -0.4 is 0 Å². The van der Waals surface area contributed by atoms with Crippen LogP contribution in [0, 0.1) is 0 Å². The van der Waals surface area contributed by atoms with Crippen LogP contribution in [0.3, 0.4) is 0 Å². The van der Waals surface area contributed by atoms with Gasteiger partial charge >= 0.3 is 11.9 Å². The average molecular weight is 464 g/mol. The van der Waals surface area contributed by atoms with Gasteiger partial charge in [0.25, 0.3) is 0 Å². The Morgan fingerprint density at radius 2 is 1.41 bits per heavy atom. The van der Waals surface area contributed by atoms with Gasteiger partial charge in [-0.25, -0.2) is 9.59 Å². The van der Waals surface area contributed by atoms with E-state index in [1.54, 1.807) is 0 Å². The average Bonchev–Trinajstić information content (AvgIpc) is 3.21. The lowest BCUT2D eigenvalue weighted by Gasteiger charge is -2.32. The number of carbonyl (C=O) groups is 2. The molecule has 7 heteroatoms. The normalized spacial score (nSPS) is 20.8. The molecule has 3 aliphatic rings. The number of benzene rings is 2. The molecule has 1 atom stereocenters. The molecule has 0 bridgehead atoms. The molecule has 0 saturated carbocycles. The Morgan fingerprint density at radius 3 is 1.94 bits per heavy atom. The second-order valence-corrected chi connectivity index (χ2v) is 8.55. The van der Waals surface area contributed by atoms with E-state index < -0.39 is 17.7 Å². The minimum atomic E-state index is -1.26. The molecule has 1 aliphatic carbocycles. The standard InChI is InChI=1S/C23H25NO2.C4H4O4/c1-6-14-24(15-7-1)16-20-17-25-23(26-20)21-10-4-2-8-18(21)12-13-19-9-3-5-11-22(19)23;5-3(6)1-2-4(7)8/h2-5,8-13,20H,1,6-7,14-17H2;1-2H,(H,5,6)(H,7,8)/b;2-1-. The van der Waals surface area contributed by atoms with Gasteiger partial charge in [0.1, 0.15) is 0 Å². The molecule has 0 radical (unpaired) electrons. The molecule has 0 aromatic heterocycles. The zero-order valence-electron chi connectivity index (χ0n) is 18.9. The number of hydrogen-bond donors (Lipinski definition) is 2. The van der Waals surface area contributed by atoms with Crippen molar-refractivity contribution in [2.75, 3.05) is 26.2 Å². The lowest BCUT2D eigenvalue weighted by atomic mass is 9.93. The number of piperidine rings is 1. The molecule has 1 unspecified atom stereocenters. The van der Waals surface area contributed by atoms with Crippen LogP contribution >= 0.6 is 0 Å². The van der Waals surface area contributed by atoms with Gasteiger partial charge in [0.15, 0.2) is 0 Å². The monoisotopic (exact) mass is 463 g/mol. The highest BCUT2D eigenvalue weighted by Gasteiger charge is 2.47. The maximum Gasteiger partial charge on any atom is 0.328 e. The van der Waals surface area contributed by atoms with Gasteiger partial charge in [0.2, 0.25) is 5.79 Å². The Kier molecular flexibility index (Phi) is 7.57. The zero-order chi connectivity index (χ0) is 24.0. The first-order valence-electron chi connectivity index (χ1n) is 11.5. The van der Waals surface area contributed by atoms with Crippen LogP contribution in [-0.2, 0) is 24.8 Å². The SMILES string of the molecule is C1=Cc2ccccc2C2(OCC(CN3CCCCC3)O2)c2ccccc21.O=C(O)/C=C\C(=O)O. The number of ether oxygens (including phenoxy) is 2. The summed E-state index contributed by atoms with van der Waals surface area (Å²) >= 11 is 0. The van der Waals surface area contributed by atoms with Crippen LogP contribution in [0.5, 0.6) is 0 Å². The summed E-state index contributed by atoms with van der Waals surface area (Å²) in [7, 11) is 0. The van der Waals surface area contributed by atoms with Crippen LogP contribution in [0.25, 0.3) is 12.2 Å². The van der Waals surface area contributed by atoms with E-state index in [1.807, 2.05) is 0 Å². The minimum Gasteiger partial charge on any atom is -0.478 e. The minimum absolute atomic E-state index is 0.104. The van der Waals surface area contributed by atoms with E-state index in [9.17, 15) is 9.59 Å². The van der Waals surface area contributed by atoms with Crippen LogP contribution in [-0.4, -0.2) is 59.4 Å². The second-order valence-electron chi connectivity index (χ2n) is 8.55. The Labute approximate surface area is 198 Å². The molecule has 2 aliphatic heterocycles. The Bertz CT molecular complexity index is 1020. The number of rotatable bonds is 4. The van der Waals surface area contributed by atoms with E-state index in [1.165, 1.54) is 43.5 Å². The number of carboxylic acids is 2. The Balaban J connectivity index is 0.000000297. The molecule has 2 heterocycles. The number of aliphatic carboxylic acids is 2. The van der Waals surface area contributed by atoms with Crippen molar-refractivity contribution in [3.8, 4) is 0 Å². The van der Waals surface area contributed by atoms with Crippen molar-refractivity contribution in [2.24, 2.45) is 0 Å². The quantitative estimate of drug-likeness (QED) is 0.662. The number of carboxylic acid groups (broad SMARTS) is 2. The lowest BCUT2D eigenvalue weighted by molar-refractivity contribution is -0.145. The van der Waals surface area contributed by atoms with E-state index in [4.69, 9.17) is 19.7 Å². The molecule has 1 spiro atoms. The third-order valence-electron chi connectivity index (χ3n) is 6.16. The van der Waals surface area contributed by atoms with Crippen LogP contribution in [0.1, 0.15) is 41.5 Å². The maximum atomic E-state index is 9.55. The summed E-state index contributed by atoms with van der Waals surface area (Å²) in [5.74, 6) is -3.31. The predicted octanol–water partition coefficient (Wildman–Crippen LogP) is 3.98. The van der Waals surface area contributed by atoms with Gasteiger partial charge in [-0.3, -0.25) is 0 Å². The molecular weight excluding hydrogens is 434 g/mol. The molecule has 2 N–H and O–H groups in total. The first kappa shape index (κ1) is 23.9. The highest BCUT2D eigenvalue weighted by Crippen LogP contribution is 2.45. The molecule has 7 nitrogen and oxygen atoms in total. The summed E-state index contributed by atoms with van der Waals surface area (Å²) in [6.07, 6.45) is 9.52. The number of likely N-dealkylation sites (tertiary alicyclic amines) is 1. The molecular formula is C27H29NO6. The number of hydrogen-bond acceptors (Lipinski definition) is 5. The Hall–Kier alpha value is -3.26. The smallest absolute Gasteiger partial charge is 0.328 e. The van der Waals surface area contributed by atoms with Crippen molar-refractivity contribution in [1.82, 2.24) is 4.90 Å². The molecule has 0 amide bonds. The van der Waals surface area contributed by atoms with Crippen molar-refractivity contribution in [2.45, 2.75) is 31.2 Å². The summed E-state index contributed by atoms with van der Waals surface area (Å²) in [5.41, 5.74) is 4.56. The van der Waals surface area contributed by atoms with Crippen LogP contribution in [0.4, 0.5) is 0 Å². The van der Waals surface area contributed by atoms with Crippen LogP contribution in [0.2, 0.25) is 0 Å².